The van der Waals surface area contributed by atoms with Gasteiger partial charge in [0.05, 0.1) is 0 Å². The highest BCUT2D eigenvalue weighted by Crippen LogP contribution is 2.24. The van der Waals surface area contributed by atoms with Crippen molar-refractivity contribution >= 4 is 23.3 Å². The zero-order chi connectivity index (χ0) is 16.8. The minimum Gasteiger partial charge on any atom is -0.335 e. The Hall–Kier alpha value is -2.04. The first-order valence-electron chi connectivity index (χ1n) is 8.47. The highest BCUT2D eigenvalue weighted by Gasteiger charge is 2.22. The van der Waals surface area contributed by atoms with Crippen LogP contribution in [0.1, 0.15) is 51.5 Å². The smallest absolute Gasteiger partial charge is 0.319 e. The SMILES string of the molecule is CCC(=O)Nc1ccc(C)c(NC(=O)NC2CCCCC2C)c1. The number of amides is 3. The van der Waals surface area contributed by atoms with Crippen LogP contribution in [0, 0.1) is 12.8 Å². The highest BCUT2D eigenvalue weighted by atomic mass is 16.2. The number of hydrogen-bond acceptors (Lipinski definition) is 2. The predicted octanol–water partition coefficient (Wildman–Crippen LogP) is 4.04. The van der Waals surface area contributed by atoms with Gasteiger partial charge < -0.3 is 16.0 Å². The lowest BCUT2D eigenvalue weighted by Gasteiger charge is -2.29. The van der Waals surface area contributed by atoms with E-state index in [0.717, 1.165) is 17.7 Å². The second kappa shape index (κ2) is 7.99. The molecule has 0 saturated heterocycles. The van der Waals surface area contributed by atoms with Gasteiger partial charge in [0, 0.05) is 23.8 Å². The molecule has 126 valence electrons. The van der Waals surface area contributed by atoms with Crippen LogP contribution >= 0.6 is 0 Å². The molecule has 3 N–H and O–H groups in total. The Morgan fingerprint density at radius 3 is 2.61 bits per heavy atom. The first kappa shape index (κ1) is 17.3. The molecule has 23 heavy (non-hydrogen) atoms. The number of hydrogen-bond donors (Lipinski definition) is 3. The van der Waals surface area contributed by atoms with Crippen LogP contribution in [0.15, 0.2) is 18.2 Å². The van der Waals surface area contributed by atoms with Gasteiger partial charge in [0.15, 0.2) is 0 Å². The van der Waals surface area contributed by atoms with Gasteiger partial charge in [-0.15, -0.1) is 0 Å². The average molecular weight is 317 g/mol. The molecule has 1 fully saturated rings. The van der Waals surface area contributed by atoms with E-state index in [2.05, 4.69) is 22.9 Å². The van der Waals surface area contributed by atoms with Crippen LogP contribution in [0.3, 0.4) is 0 Å². The Morgan fingerprint density at radius 2 is 1.91 bits per heavy atom. The summed E-state index contributed by atoms with van der Waals surface area (Å²) in [4.78, 5) is 23.7. The van der Waals surface area contributed by atoms with Crippen molar-refractivity contribution in [3.05, 3.63) is 23.8 Å². The fraction of sp³-hybridized carbons (Fsp3) is 0.556. The molecule has 2 rings (SSSR count). The second-order valence-corrected chi connectivity index (χ2v) is 6.40. The number of urea groups is 1. The van der Waals surface area contributed by atoms with Crippen molar-refractivity contribution in [2.24, 2.45) is 5.92 Å². The van der Waals surface area contributed by atoms with Gasteiger partial charge in [-0.3, -0.25) is 4.79 Å². The molecule has 0 aromatic heterocycles. The third-order valence-corrected chi connectivity index (χ3v) is 4.52. The summed E-state index contributed by atoms with van der Waals surface area (Å²) in [5.74, 6) is 0.478. The lowest BCUT2D eigenvalue weighted by atomic mass is 9.86. The number of aryl methyl sites for hydroxylation is 1. The molecule has 0 bridgehead atoms. The largest absolute Gasteiger partial charge is 0.335 e. The summed E-state index contributed by atoms with van der Waals surface area (Å²) in [7, 11) is 0. The summed E-state index contributed by atoms with van der Waals surface area (Å²) < 4.78 is 0. The summed E-state index contributed by atoms with van der Waals surface area (Å²) in [5, 5.41) is 8.80. The molecule has 1 aliphatic rings. The van der Waals surface area contributed by atoms with E-state index in [0.29, 0.717) is 18.0 Å². The molecule has 1 aromatic carbocycles. The Labute approximate surface area is 138 Å². The molecular weight excluding hydrogens is 290 g/mol. The maximum absolute atomic E-state index is 12.3. The lowest BCUT2D eigenvalue weighted by molar-refractivity contribution is -0.115. The van der Waals surface area contributed by atoms with E-state index < -0.39 is 0 Å². The summed E-state index contributed by atoms with van der Waals surface area (Å²) >= 11 is 0. The van der Waals surface area contributed by atoms with Gasteiger partial charge in [0.25, 0.3) is 0 Å². The molecule has 0 heterocycles. The molecule has 5 nitrogen and oxygen atoms in total. The van der Waals surface area contributed by atoms with Crippen LogP contribution in [-0.4, -0.2) is 18.0 Å². The number of rotatable bonds is 4. The normalized spacial score (nSPS) is 20.7. The third kappa shape index (κ3) is 4.98. The molecule has 0 aliphatic heterocycles. The van der Waals surface area contributed by atoms with Gasteiger partial charge in [-0.2, -0.15) is 0 Å². The average Bonchev–Trinajstić information content (AvgIpc) is 2.52. The van der Waals surface area contributed by atoms with Crippen molar-refractivity contribution in [3.8, 4) is 0 Å². The monoisotopic (exact) mass is 317 g/mol. The van der Waals surface area contributed by atoms with Crippen LogP contribution in [0.2, 0.25) is 0 Å². The third-order valence-electron chi connectivity index (χ3n) is 4.52. The van der Waals surface area contributed by atoms with E-state index in [1.165, 1.54) is 19.3 Å². The first-order valence-corrected chi connectivity index (χ1v) is 8.47. The molecule has 1 aromatic rings. The van der Waals surface area contributed by atoms with E-state index in [-0.39, 0.29) is 18.0 Å². The molecule has 3 amide bonds. The van der Waals surface area contributed by atoms with E-state index in [1.807, 2.05) is 26.0 Å². The van der Waals surface area contributed by atoms with Gasteiger partial charge in [0.1, 0.15) is 0 Å². The molecular formula is C18H27N3O2. The molecule has 1 saturated carbocycles. The Balaban J connectivity index is 1.99. The minimum absolute atomic E-state index is 0.0414. The maximum atomic E-state index is 12.3. The van der Waals surface area contributed by atoms with Gasteiger partial charge in [-0.25, -0.2) is 4.79 Å². The fourth-order valence-electron chi connectivity index (χ4n) is 2.94. The Kier molecular flexibility index (Phi) is 6.02. The molecule has 0 radical (unpaired) electrons. The van der Waals surface area contributed by atoms with Crippen LogP contribution in [-0.2, 0) is 4.79 Å². The molecule has 2 unspecified atom stereocenters. The molecule has 5 heteroatoms. The number of carbonyl (C=O) groups is 2. The predicted molar refractivity (Wildman–Crippen MR) is 93.7 cm³/mol. The van der Waals surface area contributed by atoms with Crippen molar-refractivity contribution in [1.82, 2.24) is 5.32 Å². The zero-order valence-corrected chi connectivity index (χ0v) is 14.2. The Bertz CT molecular complexity index is 571. The summed E-state index contributed by atoms with van der Waals surface area (Å²) in [6, 6.07) is 5.60. The van der Waals surface area contributed by atoms with Crippen molar-refractivity contribution in [2.75, 3.05) is 10.6 Å². The number of benzene rings is 1. The maximum Gasteiger partial charge on any atom is 0.319 e. The van der Waals surface area contributed by atoms with E-state index in [4.69, 9.17) is 0 Å². The molecule has 2 atom stereocenters. The van der Waals surface area contributed by atoms with Crippen LogP contribution in [0.4, 0.5) is 16.2 Å². The van der Waals surface area contributed by atoms with Crippen molar-refractivity contribution in [1.29, 1.82) is 0 Å². The van der Waals surface area contributed by atoms with Crippen molar-refractivity contribution < 1.29 is 9.59 Å². The van der Waals surface area contributed by atoms with Gasteiger partial charge in [-0.05, 0) is 43.4 Å². The highest BCUT2D eigenvalue weighted by molar-refractivity contribution is 5.94. The van der Waals surface area contributed by atoms with Gasteiger partial charge >= 0.3 is 6.03 Å². The fourth-order valence-corrected chi connectivity index (χ4v) is 2.94. The molecule has 1 aliphatic carbocycles. The summed E-state index contributed by atoms with van der Waals surface area (Å²) in [6.07, 6.45) is 5.06. The van der Waals surface area contributed by atoms with Crippen molar-refractivity contribution in [3.63, 3.8) is 0 Å². The van der Waals surface area contributed by atoms with Crippen molar-refractivity contribution in [2.45, 2.75) is 58.9 Å². The quantitative estimate of drug-likeness (QED) is 0.784. The van der Waals surface area contributed by atoms with E-state index in [9.17, 15) is 9.59 Å². The summed E-state index contributed by atoms with van der Waals surface area (Å²) in [6.45, 7) is 5.93. The molecule has 0 spiro atoms. The van der Waals surface area contributed by atoms with Gasteiger partial charge in [0.2, 0.25) is 5.91 Å². The number of nitrogens with one attached hydrogen (secondary N) is 3. The lowest BCUT2D eigenvalue weighted by Crippen LogP contribution is -2.43. The van der Waals surface area contributed by atoms with E-state index in [1.54, 1.807) is 6.07 Å². The summed E-state index contributed by atoms with van der Waals surface area (Å²) in [5.41, 5.74) is 2.38. The van der Waals surface area contributed by atoms with Crippen LogP contribution < -0.4 is 16.0 Å². The zero-order valence-electron chi connectivity index (χ0n) is 14.2. The second-order valence-electron chi connectivity index (χ2n) is 6.40. The Morgan fingerprint density at radius 1 is 1.17 bits per heavy atom. The van der Waals surface area contributed by atoms with Crippen LogP contribution in [0.5, 0.6) is 0 Å². The standard InChI is InChI=1S/C18H27N3O2/c1-4-17(22)19-14-10-9-13(3)16(11-14)21-18(23)20-15-8-6-5-7-12(15)2/h9-12,15H,4-8H2,1-3H3,(H,19,22)(H2,20,21,23). The van der Waals surface area contributed by atoms with Crippen LogP contribution in [0.25, 0.3) is 0 Å². The van der Waals surface area contributed by atoms with Gasteiger partial charge in [-0.1, -0.05) is 32.8 Å². The number of anilines is 2. The topological polar surface area (TPSA) is 70.2 Å². The minimum atomic E-state index is -0.175. The number of carbonyl (C=O) groups excluding carboxylic acids is 2. The first-order chi connectivity index (χ1) is 11.0. The van der Waals surface area contributed by atoms with E-state index >= 15 is 0 Å².